The van der Waals surface area contributed by atoms with E-state index in [-0.39, 0.29) is 12.3 Å². The Hall–Kier alpha value is -1.83. The summed E-state index contributed by atoms with van der Waals surface area (Å²) in [7, 11) is 1.68. The van der Waals surface area contributed by atoms with Crippen LogP contribution in [0.2, 0.25) is 0 Å². The first-order valence-corrected chi connectivity index (χ1v) is 11.3. The van der Waals surface area contributed by atoms with Crippen LogP contribution in [0.25, 0.3) is 0 Å². The molecule has 0 radical (unpaired) electrons. The van der Waals surface area contributed by atoms with Gasteiger partial charge in [-0.1, -0.05) is 22.0 Å². The summed E-state index contributed by atoms with van der Waals surface area (Å²) in [6.07, 6.45) is 0.596. The summed E-state index contributed by atoms with van der Waals surface area (Å²) >= 11 is 8.98. The monoisotopic (exact) mass is 518 g/mol. The average Bonchev–Trinajstić information content (AvgIpc) is 3.38. The van der Waals surface area contributed by atoms with E-state index in [1.54, 1.807) is 18.4 Å². The molecule has 0 saturated carbocycles. The molecule has 0 spiro atoms. The molecule has 2 aliphatic rings. The Kier molecular flexibility index (Phi) is 4.69. The van der Waals surface area contributed by atoms with E-state index in [1.807, 2.05) is 18.2 Å². The Balaban J connectivity index is 1.59. The number of hydrogen-bond donors (Lipinski definition) is 0. The van der Waals surface area contributed by atoms with E-state index in [4.69, 9.17) is 14.6 Å². The average molecular weight is 520 g/mol. The van der Waals surface area contributed by atoms with Gasteiger partial charge in [0.2, 0.25) is 6.23 Å². The smallest absolute Gasteiger partial charge is 0.223 e. The Bertz CT molecular complexity index is 1050. The molecule has 0 amide bonds. The van der Waals surface area contributed by atoms with Crippen LogP contribution in [0.15, 0.2) is 68.0 Å². The van der Waals surface area contributed by atoms with Gasteiger partial charge in [0.05, 0.1) is 28.2 Å². The standard InChI is InChI=1S/C21H16Br2N2O2S/c1-26-14-6-4-12(5-7-14)17-11-18-15-9-13(22)10-16(23)20(15)27-21(25(18)24-17)19-3-2-8-28-19/h2-10,18,21H,11H2,1H3. The summed E-state index contributed by atoms with van der Waals surface area (Å²) in [6.45, 7) is 0. The third kappa shape index (κ3) is 3.06. The minimum Gasteiger partial charge on any atom is -0.497 e. The molecule has 0 saturated heterocycles. The van der Waals surface area contributed by atoms with Crippen LogP contribution in [0.4, 0.5) is 0 Å². The lowest BCUT2D eigenvalue weighted by Gasteiger charge is -2.38. The van der Waals surface area contributed by atoms with Crippen LogP contribution in [0, 0.1) is 0 Å². The predicted octanol–water partition coefficient (Wildman–Crippen LogP) is 6.52. The Morgan fingerprint density at radius 3 is 2.71 bits per heavy atom. The van der Waals surface area contributed by atoms with Crippen LogP contribution in [0.3, 0.4) is 0 Å². The summed E-state index contributed by atoms with van der Waals surface area (Å²) in [6, 6.07) is 16.5. The second kappa shape index (κ2) is 7.21. The van der Waals surface area contributed by atoms with Crippen molar-refractivity contribution in [1.82, 2.24) is 5.01 Å². The zero-order chi connectivity index (χ0) is 19.3. The van der Waals surface area contributed by atoms with E-state index in [1.165, 1.54) is 0 Å². The Morgan fingerprint density at radius 1 is 1.18 bits per heavy atom. The molecule has 0 fully saturated rings. The largest absolute Gasteiger partial charge is 0.497 e. The quantitative estimate of drug-likeness (QED) is 0.394. The highest BCUT2D eigenvalue weighted by atomic mass is 79.9. The van der Waals surface area contributed by atoms with Gasteiger partial charge >= 0.3 is 0 Å². The molecule has 1 aromatic heterocycles. The van der Waals surface area contributed by atoms with Gasteiger partial charge in [-0.25, -0.2) is 5.01 Å². The number of fused-ring (bicyclic) bond motifs is 3. The maximum atomic E-state index is 6.44. The first kappa shape index (κ1) is 18.2. The van der Waals surface area contributed by atoms with E-state index >= 15 is 0 Å². The van der Waals surface area contributed by atoms with Gasteiger partial charge < -0.3 is 9.47 Å². The third-order valence-corrected chi connectivity index (χ3v) is 6.97. The van der Waals surface area contributed by atoms with E-state index in [0.29, 0.717) is 0 Å². The molecular weight excluding hydrogens is 504 g/mol. The summed E-state index contributed by atoms with van der Waals surface area (Å²) < 4.78 is 13.7. The van der Waals surface area contributed by atoms with Crippen LogP contribution in [-0.2, 0) is 0 Å². The van der Waals surface area contributed by atoms with Gasteiger partial charge in [0.25, 0.3) is 0 Å². The van der Waals surface area contributed by atoms with E-state index < -0.39 is 0 Å². The van der Waals surface area contributed by atoms with Crippen LogP contribution in [0.1, 0.15) is 34.7 Å². The first-order valence-electron chi connectivity index (χ1n) is 8.83. The minimum absolute atomic E-state index is 0.127. The summed E-state index contributed by atoms with van der Waals surface area (Å²) in [5, 5.41) is 9.17. The molecule has 7 heteroatoms. The normalized spacial score (nSPS) is 20.2. The number of hydrazone groups is 1. The van der Waals surface area contributed by atoms with Crippen molar-refractivity contribution in [3.8, 4) is 11.5 Å². The second-order valence-corrected chi connectivity index (χ2v) is 9.42. The van der Waals surface area contributed by atoms with E-state index in [0.717, 1.165) is 48.6 Å². The first-order chi connectivity index (χ1) is 13.6. The molecule has 5 rings (SSSR count). The van der Waals surface area contributed by atoms with Crippen LogP contribution < -0.4 is 9.47 Å². The number of ether oxygens (including phenoxy) is 2. The molecular formula is C21H16Br2N2O2S. The molecule has 0 aliphatic carbocycles. The molecule has 0 bridgehead atoms. The van der Waals surface area contributed by atoms with Crippen LogP contribution in [0.5, 0.6) is 11.5 Å². The molecule has 2 aliphatic heterocycles. The zero-order valence-electron chi connectivity index (χ0n) is 14.9. The lowest BCUT2D eigenvalue weighted by atomic mass is 9.96. The highest BCUT2D eigenvalue weighted by Crippen LogP contribution is 2.51. The fraction of sp³-hybridized carbons (Fsp3) is 0.190. The molecule has 0 N–H and O–H groups in total. The number of rotatable bonds is 3. The molecule has 2 unspecified atom stereocenters. The van der Waals surface area contributed by atoms with Crippen molar-refractivity contribution in [1.29, 1.82) is 0 Å². The molecule has 142 valence electrons. The van der Waals surface area contributed by atoms with E-state index in [2.05, 4.69) is 72.6 Å². The molecule has 3 aromatic rings. The predicted molar refractivity (Wildman–Crippen MR) is 118 cm³/mol. The maximum absolute atomic E-state index is 6.44. The van der Waals surface area contributed by atoms with Crippen molar-refractivity contribution in [2.75, 3.05) is 7.11 Å². The fourth-order valence-electron chi connectivity index (χ4n) is 3.69. The topological polar surface area (TPSA) is 34.1 Å². The molecule has 3 heterocycles. The van der Waals surface area contributed by atoms with Gasteiger partial charge in [-0.05, 0) is 69.3 Å². The summed E-state index contributed by atoms with van der Waals surface area (Å²) in [5.41, 5.74) is 3.30. The SMILES string of the molecule is COc1ccc(C2=NN3C(C2)c2cc(Br)cc(Br)c2OC3c2cccs2)cc1. The number of benzene rings is 2. The number of hydrogen-bond acceptors (Lipinski definition) is 5. The van der Waals surface area contributed by atoms with Crippen molar-refractivity contribution in [2.24, 2.45) is 5.10 Å². The van der Waals surface area contributed by atoms with Crippen molar-refractivity contribution >= 4 is 48.9 Å². The van der Waals surface area contributed by atoms with Crippen molar-refractivity contribution < 1.29 is 9.47 Å². The Labute approximate surface area is 184 Å². The molecule has 2 aromatic carbocycles. The van der Waals surface area contributed by atoms with Gasteiger partial charge in [0.15, 0.2) is 0 Å². The fourth-order valence-corrected chi connectivity index (χ4v) is 5.79. The Morgan fingerprint density at radius 2 is 2.00 bits per heavy atom. The van der Waals surface area contributed by atoms with Crippen molar-refractivity contribution in [3.05, 3.63) is 78.9 Å². The van der Waals surface area contributed by atoms with Crippen molar-refractivity contribution in [2.45, 2.75) is 18.7 Å². The van der Waals surface area contributed by atoms with Crippen molar-refractivity contribution in [3.63, 3.8) is 0 Å². The van der Waals surface area contributed by atoms with Crippen LogP contribution >= 0.6 is 43.2 Å². The van der Waals surface area contributed by atoms with Gasteiger partial charge in [-0.3, -0.25) is 0 Å². The number of methoxy groups -OCH3 is 1. The number of halogens is 2. The molecule has 28 heavy (non-hydrogen) atoms. The summed E-state index contributed by atoms with van der Waals surface area (Å²) in [4.78, 5) is 1.14. The van der Waals surface area contributed by atoms with E-state index in [9.17, 15) is 0 Å². The lowest BCUT2D eigenvalue weighted by molar-refractivity contribution is -0.0172. The highest BCUT2D eigenvalue weighted by molar-refractivity contribution is 9.11. The van der Waals surface area contributed by atoms with Gasteiger partial charge in [-0.2, -0.15) is 5.10 Å². The van der Waals surface area contributed by atoms with Gasteiger partial charge in [0.1, 0.15) is 11.5 Å². The second-order valence-electron chi connectivity index (χ2n) is 6.67. The van der Waals surface area contributed by atoms with Crippen LogP contribution in [-0.4, -0.2) is 17.8 Å². The maximum Gasteiger partial charge on any atom is 0.223 e. The number of thiophene rings is 1. The molecule has 4 nitrogen and oxygen atoms in total. The minimum atomic E-state index is -0.231. The number of nitrogens with zero attached hydrogens (tertiary/aromatic N) is 2. The zero-order valence-corrected chi connectivity index (χ0v) is 18.9. The highest BCUT2D eigenvalue weighted by Gasteiger charge is 2.42. The van der Waals surface area contributed by atoms with Gasteiger partial charge in [-0.15, -0.1) is 11.3 Å². The summed E-state index contributed by atoms with van der Waals surface area (Å²) in [5.74, 6) is 1.74. The van der Waals surface area contributed by atoms with Gasteiger partial charge in [0, 0.05) is 16.5 Å². The third-order valence-electron chi connectivity index (χ3n) is 5.02. The molecule has 2 atom stereocenters. The lowest BCUT2D eigenvalue weighted by Crippen LogP contribution is -2.33.